The number of rotatable bonds is 16. The summed E-state index contributed by atoms with van der Waals surface area (Å²) in [6.45, 7) is 17.5. The molecule has 8 heteroatoms. The molecule has 4 nitrogen and oxygen atoms in total. The van der Waals surface area contributed by atoms with Gasteiger partial charge in [-0.15, -0.1) is 0 Å². The minimum atomic E-state index is -5.02. The zero-order chi connectivity index (χ0) is 30.6. The van der Waals surface area contributed by atoms with Crippen LogP contribution in [0.1, 0.15) is 85.6 Å². The summed E-state index contributed by atoms with van der Waals surface area (Å²) in [6.07, 6.45) is 5.15. The van der Waals surface area contributed by atoms with Crippen molar-refractivity contribution in [1.82, 2.24) is 0 Å². The quantitative estimate of drug-likeness (QED) is 0.0840. The maximum absolute atomic E-state index is 14.5. The highest BCUT2D eigenvalue weighted by Crippen LogP contribution is 2.43. The van der Waals surface area contributed by atoms with E-state index in [1.54, 1.807) is 12.1 Å². The Bertz CT molecular complexity index is 951. The molecule has 228 valence electrons. The van der Waals surface area contributed by atoms with E-state index in [1.165, 1.54) is 24.3 Å². The first kappa shape index (κ1) is 36.1. The van der Waals surface area contributed by atoms with Crippen LogP contribution in [0.3, 0.4) is 0 Å². The van der Waals surface area contributed by atoms with Gasteiger partial charge in [0.05, 0.1) is 0 Å². The number of ether oxygens (including phenoxy) is 2. The van der Waals surface area contributed by atoms with Crippen molar-refractivity contribution in [2.75, 3.05) is 13.7 Å². The third kappa shape index (κ3) is 10.5. The monoisotopic (exact) mass is 584 g/mol. The molecule has 3 atom stereocenters. The first-order valence-electron chi connectivity index (χ1n) is 14.4. The van der Waals surface area contributed by atoms with Crippen molar-refractivity contribution in [3.63, 3.8) is 0 Å². The minimum Gasteiger partial charge on any atom is -0.455 e. The molecule has 0 fully saturated rings. The Balaban J connectivity index is 3.21. The summed E-state index contributed by atoms with van der Waals surface area (Å²) in [5.74, 6) is -1.43. The van der Waals surface area contributed by atoms with Crippen LogP contribution >= 0.6 is 0 Å². The highest BCUT2D eigenvalue weighted by atomic mass is 28.4. The van der Waals surface area contributed by atoms with Gasteiger partial charge in [-0.1, -0.05) is 95.5 Å². The van der Waals surface area contributed by atoms with Crippen molar-refractivity contribution < 1.29 is 31.9 Å². The first-order chi connectivity index (χ1) is 18.5. The summed E-state index contributed by atoms with van der Waals surface area (Å²) >= 11 is 0. The third-order valence-electron chi connectivity index (χ3n) is 7.75. The van der Waals surface area contributed by atoms with E-state index < -0.39 is 32.2 Å². The molecule has 0 amide bonds. The van der Waals surface area contributed by atoms with Crippen LogP contribution in [-0.4, -0.2) is 40.3 Å². The molecule has 0 aliphatic heterocycles. The van der Waals surface area contributed by atoms with E-state index in [-0.39, 0.29) is 16.5 Å². The number of hydrogen-bond donors (Lipinski definition) is 0. The van der Waals surface area contributed by atoms with Crippen LogP contribution in [0.25, 0.3) is 0 Å². The van der Waals surface area contributed by atoms with Crippen LogP contribution in [0.15, 0.2) is 54.1 Å². The van der Waals surface area contributed by atoms with Gasteiger partial charge in [0.2, 0.25) is 0 Å². The lowest BCUT2D eigenvalue weighted by atomic mass is 9.92. The number of carbonyl (C=O) groups excluding carboxylic acids is 1. The van der Waals surface area contributed by atoms with Gasteiger partial charge >= 0.3 is 12.1 Å². The number of hydrogen-bond acceptors (Lipinski definition) is 4. The highest BCUT2D eigenvalue weighted by molar-refractivity contribution is 6.74. The second-order valence-electron chi connectivity index (χ2n) is 12.2. The van der Waals surface area contributed by atoms with Gasteiger partial charge in [0.1, 0.15) is 6.10 Å². The summed E-state index contributed by atoms with van der Waals surface area (Å²) in [7, 11) is -1.04. The molecule has 0 aliphatic carbocycles. The zero-order valence-electron chi connectivity index (χ0n) is 26.0. The molecule has 1 rings (SSSR count). The van der Waals surface area contributed by atoms with Crippen LogP contribution in [0, 0.1) is 5.92 Å². The van der Waals surface area contributed by atoms with Gasteiger partial charge in [-0.25, -0.2) is 4.79 Å². The molecule has 0 aliphatic rings. The number of benzene rings is 1. The third-order valence-corrected chi connectivity index (χ3v) is 12.3. The molecule has 0 heterocycles. The van der Waals surface area contributed by atoms with Gasteiger partial charge in [0.15, 0.2) is 8.32 Å². The maximum Gasteiger partial charge on any atom is 0.432 e. The largest absolute Gasteiger partial charge is 0.455 e. The molecule has 0 unspecified atom stereocenters. The maximum atomic E-state index is 14.5. The molecule has 0 saturated heterocycles. The number of carbonyl (C=O) groups is 1. The van der Waals surface area contributed by atoms with Crippen LogP contribution in [0.5, 0.6) is 0 Å². The van der Waals surface area contributed by atoms with Crippen molar-refractivity contribution in [3.05, 3.63) is 59.7 Å². The SMILES string of the molecule is CCCCC/C=C/C(C)=C/[C@@H](C[C@H](C)CCO[Si](C)(C)C(C)(C)C)OC(=O)[C@@](OC)(c1ccccc1)C(F)(F)F. The van der Waals surface area contributed by atoms with Crippen molar-refractivity contribution in [2.45, 2.75) is 116 Å². The van der Waals surface area contributed by atoms with Crippen LogP contribution in [-0.2, 0) is 24.3 Å². The number of allylic oxidation sites excluding steroid dienone is 3. The fourth-order valence-corrected chi connectivity index (χ4v) is 5.20. The zero-order valence-corrected chi connectivity index (χ0v) is 27.0. The summed E-state index contributed by atoms with van der Waals surface area (Å²) in [5, 5.41) is 0.0795. The van der Waals surface area contributed by atoms with Gasteiger partial charge in [-0.2, -0.15) is 13.2 Å². The van der Waals surface area contributed by atoms with Crippen LogP contribution in [0.2, 0.25) is 18.1 Å². The van der Waals surface area contributed by atoms with E-state index in [9.17, 15) is 18.0 Å². The van der Waals surface area contributed by atoms with Crippen LogP contribution in [0.4, 0.5) is 13.2 Å². The second-order valence-corrected chi connectivity index (χ2v) is 17.0. The molecule has 0 aromatic heterocycles. The molecule has 0 spiro atoms. The standard InChI is InChI=1S/C32H51F3O4Si/c1-10-11-12-13-15-18-25(2)23-28(24-26(3)21-22-38-40(8,9)30(4,5)6)39-29(36)31(37-7,32(33,34)35)27-19-16-14-17-20-27/h14-20,23,26,28H,10-13,21-22,24H2,1-9H3/b18-15+,25-23+/t26-,28+,31+/m1/s1. The Morgan fingerprint density at radius 2 is 1.70 bits per heavy atom. The number of esters is 1. The summed E-state index contributed by atoms with van der Waals surface area (Å²) < 4.78 is 60.3. The molecular weight excluding hydrogens is 533 g/mol. The second kappa shape index (κ2) is 15.9. The Morgan fingerprint density at radius 3 is 2.23 bits per heavy atom. The number of methoxy groups -OCH3 is 1. The molecule has 0 bridgehead atoms. The molecule has 1 aromatic carbocycles. The van der Waals surface area contributed by atoms with Crippen LogP contribution < -0.4 is 0 Å². The lowest BCUT2D eigenvalue weighted by Crippen LogP contribution is -2.52. The predicted octanol–water partition coefficient (Wildman–Crippen LogP) is 9.52. The fourth-order valence-electron chi connectivity index (χ4n) is 4.13. The summed E-state index contributed by atoms with van der Waals surface area (Å²) in [5.41, 5.74) is -2.71. The predicted molar refractivity (Wildman–Crippen MR) is 160 cm³/mol. The summed E-state index contributed by atoms with van der Waals surface area (Å²) in [4.78, 5) is 13.4. The Kier molecular flexibility index (Phi) is 14.4. The number of alkyl halides is 3. The Labute approximate surface area is 241 Å². The Hall–Kier alpha value is -1.90. The average Bonchev–Trinajstić information content (AvgIpc) is 2.83. The van der Waals surface area contributed by atoms with E-state index in [0.29, 0.717) is 19.4 Å². The average molecular weight is 585 g/mol. The van der Waals surface area contributed by atoms with E-state index in [2.05, 4.69) is 46.9 Å². The molecule has 0 N–H and O–H groups in total. The van der Waals surface area contributed by atoms with E-state index >= 15 is 0 Å². The fraction of sp³-hybridized carbons (Fsp3) is 0.656. The molecular formula is C32H51F3O4Si. The molecule has 1 aromatic rings. The van der Waals surface area contributed by atoms with Gasteiger partial charge in [0.25, 0.3) is 5.60 Å². The minimum absolute atomic E-state index is 0.0414. The molecule has 0 saturated carbocycles. The first-order valence-corrected chi connectivity index (χ1v) is 17.3. The van der Waals surface area contributed by atoms with E-state index in [0.717, 1.165) is 38.4 Å². The molecule has 40 heavy (non-hydrogen) atoms. The number of unbranched alkanes of at least 4 members (excludes halogenated alkanes) is 3. The Morgan fingerprint density at radius 1 is 1.07 bits per heavy atom. The van der Waals surface area contributed by atoms with Crippen molar-refractivity contribution in [3.8, 4) is 0 Å². The van der Waals surface area contributed by atoms with E-state index in [1.807, 2.05) is 19.9 Å². The lowest BCUT2D eigenvalue weighted by Gasteiger charge is -2.36. The van der Waals surface area contributed by atoms with Gasteiger partial charge in [0, 0.05) is 19.3 Å². The van der Waals surface area contributed by atoms with E-state index in [4.69, 9.17) is 13.9 Å². The van der Waals surface area contributed by atoms with Crippen molar-refractivity contribution in [2.24, 2.45) is 5.92 Å². The van der Waals surface area contributed by atoms with Gasteiger partial charge < -0.3 is 13.9 Å². The topological polar surface area (TPSA) is 44.8 Å². The smallest absolute Gasteiger partial charge is 0.432 e. The van der Waals surface area contributed by atoms with Crippen molar-refractivity contribution >= 4 is 14.3 Å². The summed E-state index contributed by atoms with van der Waals surface area (Å²) in [6, 6.07) is 6.93. The number of halogens is 3. The normalized spacial score (nSPS) is 16.6. The van der Waals surface area contributed by atoms with Gasteiger partial charge in [-0.05, 0) is 62.7 Å². The highest BCUT2D eigenvalue weighted by Gasteiger charge is 2.64. The van der Waals surface area contributed by atoms with Crippen molar-refractivity contribution in [1.29, 1.82) is 0 Å². The van der Waals surface area contributed by atoms with Gasteiger partial charge in [-0.3, -0.25) is 0 Å². The molecule has 0 radical (unpaired) electrons. The lowest BCUT2D eigenvalue weighted by molar-refractivity contribution is -0.277.